The van der Waals surface area contributed by atoms with E-state index in [1.165, 1.54) is 19.2 Å². The number of fused-ring (bicyclic) bond motifs is 1. The van der Waals surface area contributed by atoms with Gasteiger partial charge in [0.1, 0.15) is 5.41 Å². The van der Waals surface area contributed by atoms with Crippen molar-refractivity contribution in [2.24, 2.45) is 0 Å². The molecule has 2 heterocycles. The Labute approximate surface area is 184 Å². The summed E-state index contributed by atoms with van der Waals surface area (Å²) >= 11 is 0. The number of hydrogen-bond donors (Lipinski definition) is 0. The smallest absolute Gasteiger partial charge is 0.416 e. The molecule has 2 saturated heterocycles. The maximum Gasteiger partial charge on any atom is 0.416 e. The molecule has 0 aromatic heterocycles. The second kappa shape index (κ2) is 8.09. The van der Waals surface area contributed by atoms with Crippen LogP contribution in [0.15, 0.2) is 66.7 Å². The van der Waals surface area contributed by atoms with Crippen LogP contribution in [0.1, 0.15) is 35.6 Å². The second-order valence-electron chi connectivity index (χ2n) is 7.97. The highest BCUT2D eigenvalue weighted by Gasteiger charge is 2.57. The Kier molecular flexibility index (Phi) is 5.58. The molecule has 1 amide bonds. The number of alkyl halides is 3. The minimum Gasteiger partial charge on any atom is -0.468 e. The third-order valence-corrected chi connectivity index (χ3v) is 6.33. The molecule has 2 atom stereocenters. The summed E-state index contributed by atoms with van der Waals surface area (Å²) in [5, 5.41) is 3.37. The van der Waals surface area contributed by atoms with Crippen molar-refractivity contribution in [1.82, 2.24) is 10.0 Å². The first-order chi connectivity index (χ1) is 15.2. The monoisotopic (exact) mass is 444 g/mol. The van der Waals surface area contributed by atoms with Gasteiger partial charge in [0.2, 0.25) is 5.91 Å². The molecular formula is C24H23F3N2O3. The number of halogens is 3. The van der Waals surface area contributed by atoms with Crippen LogP contribution in [0.5, 0.6) is 0 Å². The number of rotatable bonds is 3. The molecule has 0 saturated carbocycles. The zero-order valence-electron chi connectivity index (χ0n) is 17.6. The van der Waals surface area contributed by atoms with Gasteiger partial charge >= 0.3 is 12.1 Å². The minimum absolute atomic E-state index is 0.0940. The van der Waals surface area contributed by atoms with E-state index in [4.69, 9.17) is 4.74 Å². The zero-order chi connectivity index (χ0) is 23.1. The van der Waals surface area contributed by atoms with E-state index in [2.05, 4.69) is 6.58 Å². The average Bonchev–Trinajstić information content (AvgIpc) is 3.08. The fraction of sp³-hybridized carbons (Fsp3) is 0.333. The summed E-state index contributed by atoms with van der Waals surface area (Å²) < 4.78 is 44.9. The van der Waals surface area contributed by atoms with Crippen molar-refractivity contribution in [1.29, 1.82) is 0 Å². The molecule has 2 aliphatic heterocycles. The Bertz CT molecular complexity index is 1040. The van der Waals surface area contributed by atoms with Crippen LogP contribution in [0, 0.1) is 0 Å². The highest BCUT2D eigenvalue weighted by atomic mass is 19.4. The largest absolute Gasteiger partial charge is 0.468 e. The van der Waals surface area contributed by atoms with Crippen molar-refractivity contribution in [3.8, 4) is 0 Å². The van der Waals surface area contributed by atoms with E-state index in [-0.39, 0.29) is 12.3 Å². The molecule has 5 nitrogen and oxygen atoms in total. The summed E-state index contributed by atoms with van der Waals surface area (Å²) in [6.07, 6.45) is -3.88. The zero-order valence-corrected chi connectivity index (χ0v) is 17.6. The van der Waals surface area contributed by atoms with Gasteiger partial charge in [-0.05, 0) is 29.7 Å². The van der Waals surface area contributed by atoms with Gasteiger partial charge in [-0.3, -0.25) is 14.6 Å². The average molecular weight is 444 g/mol. The molecule has 32 heavy (non-hydrogen) atoms. The normalized spacial score (nSPS) is 24.2. The van der Waals surface area contributed by atoms with E-state index in [0.29, 0.717) is 36.2 Å². The van der Waals surface area contributed by atoms with Gasteiger partial charge in [0.05, 0.1) is 18.7 Å². The predicted octanol–water partition coefficient (Wildman–Crippen LogP) is 4.27. The van der Waals surface area contributed by atoms with Crippen LogP contribution in [0.4, 0.5) is 13.2 Å². The molecule has 2 aromatic carbocycles. The number of esters is 1. The summed E-state index contributed by atoms with van der Waals surface area (Å²) in [4.78, 5) is 26.1. The molecule has 2 aliphatic rings. The number of hydrazine groups is 1. The van der Waals surface area contributed by atoms with Gasteiger partial charge in [-0.15, -0.1) is 0 Å². The van der Waals surface area contributed by atoms with E-state index < -0.39 is 29.2 Å². The van der Waals surface area contributed by atoms with Gasteiger partial charge < -0.3 is 4.74 Å². The summed E-state index contributed by atoms with van der Waals surface area (Å²) in [6, 6.07) is 12.9. The summed E-state index contributed by atoms with van der Waals surface area (Å²) in [5.41, 5.74) is -0.568. The molecule has 0 bridgehead atoms. The van der Waals surface area contributed by atoms with E-state index in [1.54, 1.807) is 34.3 Å². The maximum absolute atomic E-state index is 13.5. The molecule has 8 heteroatoms. The van der Waals surface area contributed by atoms with Crippen LogP contribution in [0.3, 0.4) is 0 Å². The van der Waals surface area contributed by atoms with Gasteiger partial charge in [-0.2, -0.15) is 13.2 Å². The van der Waals surface area contributed by atoms with Crippen LogP contribution < -0.4 is 0 Å². The van der Waals surface area contributed by atoms with Gasteiger partial charge in [0, 0.05) is 19.5 Å². The van der Waals surface area contributed by atoms with E-state index in [9.17, 15) is 22.8 Å². The van der Waals surface area contributed by atoms with Gasteiger partial charge in [0.15, 0.2) is 0 Å². The minimum atomic E-state index is -4.49. The topological polar surface area (TPSA) is 49.9 Å². The Morgan fingerprint density at radius 1 is 1.06 bits per heavy atom. The van der Waals surface area contributed by atoms with E-state index in [1.807, 2.05) is 6.07 Å². The van der Waals surface area contributed by atoms with Crippen molar-refractivity contribution in [3.05, 3.63) is 83.4 Å². The number of carbonyl (C=O) groups excluding carboxylic acids is 2. The lowest BCUT2D eigenvalue weighted by Gasteiger charge is -2.44. The lowest BCUT2D eigenvalue weighted by Crippen LogP contribution is -2.52. The molecule has 2 aromatic rings. The predicted molar refractivity (Wildman–Crippen MR) is 111 cm³/mol. The molecule has 4 rings (SSSR count). The van der Waals surface area contributed by atoms with E-state index in [0.717, 1.165) is 12.1 Å². The first-order valence-electron chi connectivity index (χ1n) is 10.3. The van der Waals surface area contributed by atoms with Crippen molar-refractivity contribution < 1.29 is 27.5 Å². The number of hydrogen-bond acceptors (Lipinski definition) is 4. The number of benzene rings is 2. The Morgan fingerprint density at radius 2 is 1.72 bits per heavy atom. The molecule has 0 radical (unpaired) electrons. The first-order valence-corrected chi connectivity index (χ1v) is 10.3. The van der Waals surface area contributed by atoms with Crippen molar-refractivity contribution in [2.75, 3.05) is 20.2 Å². The highest BCUT2D eigenvalue weighted by molar-refractivity contribution is 5.89. The molecule has 0 aliphatic carbocycles. The first kappa shape index (κ1) is 22.1. The Balaban J connectivity index is 1.99. The fourth-order valence-corrected chi connectivity index (χ4v) is 4.85. The summed E-state index contributed by atoms with van der Waals surface area (Å²) in [5.74, 6) is -0.664. The molecule has 2 fully saturated rings. The molecule has 0 spiro atoms. The molecule has 0 N–H and O–H groups in total. The van der Waals surface area contributed by atoms with Crippen LogP contribution in [-0.4, -0.2) is 42.1 Å². The standard InChI is InChI=1S/C24H23F3N2O3/c1-16-12-14-28-20(30)13-15-29(28)21(17-8-10-19(11-9-17)24(25,26)27)23(16,22(31)32-2)18-6-4-3-5-7-18/h3-11,21H,1,12-15H2,2H3/t21-,23+/m0/s1. The van der Waals surface area contributed by atoms with Gasteiger partial charge in [-0.25, -0.2) is 5.01 Å². The van der Waals surface area contributed by atoms with Gasteiger partial charge in [-0.1, -0.05) is 54.6 Å². The second-order valence-corrected chi connectivity index (χ2v) is 7.97. The number of ether oxygens (including phenoxy) is 1. The maximum atomic E-state index is 13.5. The number of methoxy groups -OCH3 is 1. The lowest BCUT2D eigenvalue weighted by molar-refractivity contribution is -0.155. The van der Waals surface area contributed by atoms with Gasteiger partial charge in [0.25, 0.3) is 0 Å². The third kappa shape index (κ3) is 3.39. The van der Waals surface area contributed by atoms with Crippen molar-refractivity contribution in [3.63, 3.8) is 0 Å². The number of nitrogens with zero attached hydrogens (tertiary/aromatic N) is 2. The Hall–Kier alpha value is -3.13. The number of amides is 1. The summed E-state index contributed by atoms with van der Waals surface area (Å²) in [7, 11) is 1.28. The quantitative estimate of drug-likeness (QED) is 0.524. The molecule has 168 valence electrons. The van der Waals surface area contributed by atoms with Crippen molar-refractivity contribution >= 4 is 11.9 Å². The number of carbonyl (C=O) groups is 2. The van der Waals surface area contributed by atoms with Crippen LogP contribution >= 0.6 is 0 Å². The lowest BCUT2D eigenvalue weighted by atomic mass is 9.66. The Morgan fingerprint density at radius 3 is 2.31 bits per heavy atom. The summed E-state index contributed by atoms with van der Waals surface area (Å²) in [6.45, 7) is 4.88. The molecular weight excluding hydrogens is 421 g/mol. The van der Waals surface area contributed by atoms with Crippen LogP contribution in [0.25, 0.3) is 0 Å². The van der Waals surface area contributed by atoms with Crippen LogP contribution in [0.2, 0.25) is 0 Å². The fourth-order valence-electron chi connectivity index (χ4n) is 4.85. The van der Waals surface area contributed by atoms with E-state index >= 15 is 0 Å². The van der Waals surface area contributed by atoms with Crippen LogP contribution in [-0.2, 0) is 25.9 Å². The van der Waals surface area contributed by atoms with Crippen molar-refractivity contribution in [2.45, 2.75) is 30.5 Å². The third-order valence-electron chi connectivity index (χ3n) is 6.33. The SMILES string of the molecule is C=C1CCN2C(=O)CCN2[C@@H](c2ccc(C(F)(F)F)cc2)[C@]1(C(=O)OC)c1ccccc1. The highest BCUT2D eigenvalue weighted by Crippen LogP contribution is 2.51. The molecule has 0 unspecified atom stereocenters.